The van der Waals surface area contributed by atoms with E-state index in [4.69, 9.17) is 0 Å². The summed E-state index contributed by atoms with van der Waals surface area (Å²) in [6.45, 7) is 1.63. The monoisotopic (exact) mass is 322 g/mol. The SMILES string of the molecule is CCCCCCCC(F)CCCCCC(O)CC(O)CCF. The van der Waals surface area contributed by atoms with Crippen molar-refractivity contribution < 1.29 is 19.0 Å². The summed E-state index contributed by atoms with van der Waals surface area (Å²) in [5.41, 5.74) is 0. The van der Waals surface area contributed by atoms with Gasteiger partial charge in [0.15, 0.2) is 0 Å². The molecule has 3 unspecified atom stereocenters. The summed E-state index contributed by atoms with van der Waals surface area (Å²) >= 11 is 0. The lowest BCUT2D eigenvalue weighted by Crippen LogP contribution is -2.18. The molecule has 0 aliphatic heterocycles. The molecule has 0 aromatic rings. The first kappa shape index (κ1) is 21.8. The van der Waals surface area contributed by atoms with E-state index in [0.717, 1.165) is 32.1 Å². The topological polar surface area (TPSA) is 40.5 Å². The second kappa shape index (κ2) is 15.7. The van der Waals surface area contributed by atoms with E-state index < -0.39 is 25.1 Å². The highest BCUT2D eigenvalue weighted by Gasteiger charge is 2.12. The molecule has 0 fully saturated rings. The number of hydrogen-bond acceptors (Lipinski definition) is 2. The van der Waals surface area contributed by atoms with Crippen LogP contribution in [0.25, 0.3) is 0 Å². The first-order chi connectivity index (χ1) is 10.6. The molecule has 0 saturated carbocycles. The van der Waals surface area contributed by atoms with Crippen molar-refractivity contribution in [3.63, 3.8) is 0 Å². The van der Waals surface area contributed by atoms with E-state index in [1.807, 2.05) is 0 Å². The Balaban J connectivity index is 3.37. The van der Waals surface area contributed by atoms with Crippen molar-refractivity contribution in [2.45, 2.75) is 109 Å². The molecule has 2 N–H and O–H groups in total. The van der Waals surface area contributed by atoms with Crippen molar-refractivity contribution in [2.24, 2.45) is 0 Å². The van der Waals surface area contributed by atoms with Crippen LogP contribution in [0.4, 0.5) is 8.78 Å². The van der Waals surface area contributed by atoms with Crippen molar-refractivity contribution in [3.05, 3.63) is 0 Å². The summed E-state index contributed by atoms with van der Waals surface area (Å²) in [7, 11) is 0. The molecule has 0 radical (unpaired) electrons. The summed E-state index contributed by atoms with van der Waals surface area (Å²) in [6.07, 6.45) is 8.68. The van der Waals surface area contributed by atoms with Crippen LogP contribution in [0.3, 0.4) is 0 Å². The molecule has 0 aliphatic carbocycles. The Labute approximate surface area is 135 Å². The summed E-state index contributed by atoms with van der Waals surface area (Å²) < 4.78 is 25.6. The maximum absolute atomic E-state index is 13.6. The van der Waals surface area contributed by atoms with Gasteiger partial charge in [0, 0.05) is 6.42 Å². The fraction of sp³-hybridized carbons (Fsp3) is 1.00. The summed E-state index contributed by atoms with van der Waals surface area (Å²) in [6, 6.07) is 0. The lowest BCUT2D eigenvalue weighted by atomic mass is 10.0. The highest BCUT2D eigenvalue weighted by atomic mass is 19.1. The van der Waals surface area contributed by atoms with Crippen LogP contribution >= 0.6 is 0 Å². The number of hydrogen-bond donors (Lipinski definition) is 2. The molecule has 3 atom stereocenters. The average Bonchev–Trinajstić information content (AvgIpc) is 2.46. The molecule has 0 heterocycles. The van der Waals surface area contributed by atoms with E-state index in [1.165, 1.54) is 19.3 Å². The van der Waals surface area contributed by atoms with Crippen LogP contribution in [0.15, 0.2) is 0 Å². The minimum atomic E-state index is -0.747. The van der Waals surface area contributed by atoms with Crippen LogP contribution in [-0.4, -0.2) is 35.3 Å². The highest BCUT2D eigenvalue weighted by molar-refractivity contribution is 4.64. The maximum Gasteiger partial charge on any atom is 0.100 e. The van der Waals surface area contributed by atoms with Gasteiger partial charge in [0.05, 0.1) is 18.9 Å². The molecule has 0 spiro atoms. The van der Waals surface area contributed by atoms with Crippen molar-refractivity contribution >= 4 is 0 Å². The molecular formula is C18H36F2O2. The van der Waals surface area contributed by atoms with Gasteiger partial charge in [-0.1, -0.05) is 58.3 Å². The fourth-order valence-corrected chi connectivity index (χ4v) is 2.71. The van der Waals surface area contributed by atoms with Gasteiger partial charge in [-0.15, -0.1) is 0 Å². The first-order valence-corrected chi connectivity index (χ1v) is 9.16. The first-order valence-electron chi connectivity index (χ1n) is 9.16. The third kappa shape index (κ3) is 14.7. The molecule has 134 valence electrons. The Bertz CT molecular complexity index is 227. The normalized spacial score (nSPS) is 15.7. The van der Waals surface area contributed by atoms with Gasteiger partial charge in [-0.25, -0.2) is 4.39 Å². The number of unbranched alkanes of at least 4 members (excludes halogenated alkanes) is 6. The van der Waals surface area contributed by atoms with Gasteiger partial charge < -0.3 is 10.2 Å². The van der Waals surface area contributed by atoms with Crippen LogP contribution in [0.5, 0.6) is 0 Å². The predicted molar refractivity (Wildman–Crippen MR) is 88.6 cm³/mol. The zero-order chi connectivity index (χ0) is 16.6. The molecule has 22 heavy (non-hydrogen) atoms. The summed E-state index contributed by atoms with van der Waals surface area (Å²) in [5.74, 6) is 0. The van der Waals surface area contributed by atoms with Crippen LogP contribution in [0.2, 0.25) is 0 Å². The van der Waals surface area contributed by atoms with Gasteiger partial charge in [0.25, 0.3) is 0 Å². The minimum absolute atomic E-state index is 0.0961. The Morgan fingerprint density at radius 3 is 1.82 bits per heavy atom. The van der Waals surface area contributed by atoms with Gasteiger partial charge in [-0.3, -0.25) is 4.39 Å². The number of aliphatic hydroxyl groups is 2. The van der Waals surface area contributed by atoms with Crippen molar-refractivity contribution in [1.29, 1.82) is 0 Å². The Kier molecular flexibility index (Phi) is 15.5. The molecule has 0 aliphatic rings. The highest BCUT2D eigenvalue weighted by Crippen LogP contribution is 2.16. The minimum Gasteiger partial charge on any atom is -0.393 e. The van der Waals surface area contributed by atoms with Gasteiger partial charge in [-0.2, -0.15) is 0 Å². The lowest BCUT2D eigenvalue weighted by molar-refractivity contribution is 0.0658. The zero-order valence-electron chi connectivity index (χ0n) is 14.3. The van der Waals surface area contributed by atoms with Crippen molar-refractivity contribution in [1.82, 2.24) is 0 Å². The number of halogens is 2. The molecule has 0 aromatic heterocycles. The molecule has 0 amide bonds. The maximum atomic E-state index is 13.6. The second-order valence-corrected chi connectivity index (χ2v) is 6.46. The molecular weight excluding hydrogens is 286 g/mol. The molecule has 0 aromatic carbocycles. The van der Waals surface area contributed by atoms with E-state index in [1.54, 1.807) is 0 Å². The van der Waals surface area contributed by atoms with Crippen molar-refractivity contribution in [3.8, 4) is 0 Å². The number of rotatable bonds is 16. The van der Waals surface area contributed by atoms with E-state index in [0.29, 0.717) is 19.3 Å². The second-order valence-electron chi connectivity index (χ2n) is 6.46. The fourth-order valence-electron chi connectivity index (χ4n) is 2.71. The van der Waals surface area contributed by atoms with Crippen LogP contribution in [-0.2, 0) is 0 Å². The summed E-state index contributed by atoms with van der Waals surface area (Å²) in [5, 5.41) is 19.1. The number of aliphatic hydroxyl groups excluding tert-OH is 2. The van der Waals surface area contributed by atoms with Gasteiger partial charge >= 0.3 is 0 Å². The van der Waals surface area contributed by atoms with E-state index >= 15 is 0 Å². The van der Waals surface area contributed by atoms with Crippen LogP contribution < -0.4 is 0 Å². The van der Waals surface area contributed by atoms with Gasteiger partial charge in [0.1, 0.15) is 6.17 Å². The largest absolute Gasteiger partial charge is 0.393 e. The molecule has 0 rings (SSSR count). The molecule has 2 nitrogen and oxygen atoms in total. The van der Waals surface area contributed by atoms with E-state index in [2.05, 4.69) is 6.92 Å². The lowest BCUT2D eigenvalue weighted by Gasteiger charge is -2.14. The van der Waals surface area contributed by atoms with Crippen molar-refractivity contribution in [2.75, 3.05) is 6.67 Å². The zero-order valence-corrected chi connectivity index (χ0v) is 14.3. The third-order valence-corrected chi connectivity index (χ3v) is 4.16. The van der Waals surface area contributed by atoms with E-state index in [-0.39, 0.29) is 12.8 Å². The molecule has 0 saturated heterocycles. The predicted octanol–water partition coefficient (Wildman–Crippen LogP) is 5.11. The Hall–Kier alpha value is -0.220. The van der Waals surface area contributed by atoms with E-state index in [9.17, 15) is 19.0 Å². The molecule has 0 bridgehead atoms. The summed E-state index contributed by atoms with van der Waals surface area (Å²) in [4.78, 5) is 0. The number of alkyl halides is 2. The van der Waals surface area contributed by atoms with Crippen LogP contribution in [0.1, 0.15) is 90.4 Å². The van der Waals surface area contributed by atoms with Gasteiger partial charge in [0.2, 0.25) is 0 Å². The molecule has 4 heteroatoms. The van der Waals surface area contributed by atoms with Gasteiger partial charge in [-0.05, 0) is 25.7 Å². The smallest absolute Gasteiger partial charge is 0.100 e. The standard InChI is InChI=1S/C18H36F2O2/c1-2-3-4-5-7-10-16(20)11-8-6-9-12-17(21)15-18(22)13-14-19/h16-18,21-22H,2-15H2,1H3. The Morgan fingerprint density at radius 1 is 0.727 bits per heavy atom. The quantitative estimate of drug-likeness (QED) is 0.388. The average molecular weight is 322 g/mol. The van der Waals surface area contributed by atoms with Crippen LogP contribution in [0, 0.1) is 0 Å². The Morgan fingerprint density at radius 2 is 1.23 bits per heavy atom. The third-order valence-electron chi connectivity index (χ3n) is 4.16.